The normalized spacial score (nSPS) is 9.64. The van der Waals surface area contributed by atoms with E-state index in [0.29, 0.717) is 5.56 Å². The van der Waals surface area contributed by atoms with Crippen molar-refractivity contribution in [1.82, 2.24) is 0 Å². The minimum Gasteiger partial charge on any atom is -0.491 e. The molecule has 0 spiro atoms. The van der Waals surface area contributed by atoms with E-state index in [-0.39, 0.29) is 11.8 Å². The molecule has 0 N–H and O–H groups in total. The molecule has 110 valence electrons. The van der Waals surface area contributed by atoms with E-state index >= 15 is 0 Å². The van der Waals surface area contributed by atoms with Crippen LogP contribution in [0.2, 0.25) is 0 Å². The molecule has 0 aromatic heterocycles. The first-order valence-corrected chi connectivity index (χ1v) is 7.15. The van der Waals surface area contributed by atoms with Crippen molar-refractivity contribution in [3.63, 3.8) is 0 Å². The van der Waals surface area contributed by atoms with E-state index in [0.717, 1.165) is 11.3 Å². The van der Waals surface area contributed by atoms with E-state index in [1.807, 2.05) is 38.1 Å². The van der Waals surface area contributed by atoms with Crippen LogP contribution in [0.1, 0.15) is 25.0 Å². The zero-order valence-electron chi connectivity index (χ0n) is 12.3. The van der Waals surface area contributed by atoms with E-state index in [1.54, 1.807) is 6.07 Å². The summed E-state index contributed by atoms with van der Waals surface area (Å²) in [5.74, 6) is 6.23. The summed E-state index contributed by atoms with van der Waals surface area (Å²) in [6, 6.07) is 12.0. The highest BCUT2D eigenvalue weighted by atomic mass is 32.1. The second-order valence-corrected chi connectivity index (χ2v) is 4.99. The lowest BCUT2D eigenvalue weighted by Crippen LogP contribution is -2.05. The van der Waals surface area contributed by atoms with Crippen LogP contribution in [-0.2, 0) is 0 Å². The molecule has 0 saturated carbocycles. The van der Waals surface area contributed by atoms with Crippen LogP contribution in [-0.4, -0.2) is 11.3 Å². The lowest BCUT2D eigenvalue weighted by Gasteiger charge is -2.08. The summed E-state index contributed by atoms with van der Waals surface area (Å²) in [5.41, 5.74) is 1.57. The fourth-order valence-corrected chi connectivity index (χ4v) is 1.86. The van der Waals surface area contributed by atoms with Gasteiger partial charge in [0.25, 0.3) is 0 Å². The largest absolute Gasteiger partial charge is 0.491 e. The molecule has 0 aliphatic carbocycles. The smallest absolute Gasteiger partial charge is 0.150 e. The average molecular weight is 311 g/mol. The van der Waals surface area contributed by atoms with Crippen molar-refractivity contribution in [3.05, 3.63) is 59.4 Å². The van der Waals surface area contributed by atoms with Crippen LogP contribution in [0, 0.1) is 17.7 Å². The van der Waals surface area contributed by atoms with Crippen molar-refractivity contribution in [2.75, 3.05) is 0 Å². The number of benzene rings is 2. The molecule has 0 bridgehead atoms. The third-order valence-corrected chi connectivity index (χ3v) is 2.78. The van der Waals surface area contributed by atoms with Crippen molar-refractivity contribution >= 4 is 23.1 Å². The van der Waals surface area contributed by atoms with Crippen molar-refractivity contribution in [1.29, 1.82) is 0 Å². The van der Waals surface area contributed by atoms with Crippen LogP contribution in [0.4, 0.5) is 10.1 Å². The minimum absolute atomic E-state index is 0.133. The summed E-state index contributed by atoms with van der Waals surface area (Å²) in [6.07, 6.45) is 0.133. The molecule has 0 amide bonds. The molecule has 2 nitrogen and oxygen atoms in total. The van der Waals surface area contributed by atoms with Gasteiger partial charge in [-0.2, -0.15) is 4.99 Å². The number of aliphatic imine (C=N–C) groups is 1. The summed E-state index contributed by atoms with van der Waals surface area (Å²) < 4.78 is 19.2. The zero-order chi connectivity index (χ0) is 15.9. The average Bonchev–Trinajstić information content (AvgIpc) is 2.49. The quantitative estimate of drug-likeness (QED) is 0.463. The number of hydrogen-bond acceptors (Lipinski definition) is 3. The van der Waals surface area contributed by atoms with E-state index in [2.05, 4.69) is 34.2 Å². The first-order chi connectivity index (χ1) is 10.6. The van der Waals surface area contributed by atoms with E-state index in [9.17, 15) is 4.39 Å². The summed E-state index contributed by atoms with van der Waals surface area (Å²) in [7, 11) is 0. The SMILES string of the molecule is CC(C)Oc1ccc(C#Cc2ccc(N=C=S)c(F)c2)cc1. The number of halogens is 1. The van der Waals surface area contributed by atoms with Crippen molar-refractivity contribution in [2.45, 2.75) is 20.0 Å². The molecule has 2 aromatic rings. The number of thiocarbonyl (C=S) groups is 1. The highest BCUT2D eigenvalue weighted by molar-refractivity contribution is 7.78. The van der Waals surface area contributed by atoms with Crippen LogP contribution >= 0.6 is 12.2 Å². The van der Waals surface area contributed by atoms with Crippen molar-refractivity contribution in [2.24, 2.45) is 4.99 Å². The molecule has 2 aromatic carbocycles. The summed E-state index contributed by atoms with van der Waals surface area (Å²) >= 11 is 4.46. The van der Waals surface area contributed by atoms with Crippen LogP contribution in [0.3, 0.4) is 0 Å². The summed E-state index contributed by atoms with van der Waals surface area (Å²) in [6.45, 7) is 3.94. The lowest BCUT2D eigenvalue weighted by atomic mass is 10.1. The lowest BCUT2D eigenvalue weighted by molar-refractivity contribution is 0.242. The third-order valence-electron chi connectivity index (χ3n) is 2.69. The first-order valence-electron chi connectivity index (χ1n) is 6.74. The van der Waals surface area contributed by atoms with E-state index in [1.165, 1.54) is 12.1 Å². The fraction of sp³-hybridized carbons (Fsp3) is 0.167. The molecule has 0 atom stereocenters. The maximum atomic E-state index is 13.7. The Bertz CT molecular complexity index is 766. The maximum absolute atomic E-state index is 13.7. The van der Waals surface area contributed by atoms with Crippen molar-refractivity contribution in [3.8, 4) is 17.6 Å². The molecule has 0 heterocycles. The van der Waals surface area contributed by atoms with Crippen LogP contribution in [0.5, 0.6) is 5.75 Å². The van der Waals surface area contributed by atoms with Gasteiger partial charge in [0.1, 0.15) is 11.4 Å². The number of hydrogen-bond donors (Lipinski definition) is 0. The van der Waals surface area contributed by atoms with Crippen LogP contribution < -0.4 is 4.74 Å². The molecule has 0 fully saturated rings. The molecule has 4 heteroatoms. The monoisotopic (exact) mass is 311 g/mol. The Kier molecular flexibility index (Phi) is 5.43. The Morgan fingerprint density at radius 3 is 2.27 bits per heavy atom. The van der Waals surface area contributed by atoms with Crippen LogP contribution in [0.15, 0.2) is 47.5 Å². The van der Waals surface area contributed by atoms with Gasteiger partial charge in [-0.05, 0) is 68.5 Å². The Morgan fingerprint density at radius 1 is 1.05 bits per heavy atom. The summed E-state index contributed by atoms with van der Waals surface area (Å²) in [4.78, 5) is 3.63. The number of rotatable bonds is 3. The molecule has 2 rings (SSSR count). The highest BCUT2D eigenvalue weighted by Gasteiger charge is 2.00. The van der Waals surface area contributed by atoms with Gasteiger partial charge < -0.3 is 4.74 Å². The Labute approximate surface area is 134 Å². The molecule has 0 aliphatic rings. The predicted octanol–water partition coefficient (Wildman–Crippen LogP) is 4.75. The van der Waals surface area contributed by atoms with Crippen molar-refractivity contribution < 1.29 is 9.13 Å². The number of isothiocyanates is 1. The van der Waals surface area contributed by atoms with Gasteiger partial charge in [-0.25, -0.2) is 4.39 Å². The molecular weight excluding hydrogens is 297 g/mol. The number of ether oxygens (including phenoxy) is 1. The minimum atomic E-state index is -0.468. The number of nitrogens with zero attached hydrogens (tertiary/aromatic N) is 1. The zero-order valence-corrected chi connectivity index (χ0v) is 13.1. The van der Waals surface area contributed by atoms with Gasteiger partial charge in [0, 0.05) is 11.1 Å². The molecular formula is C18H14FNOS. The Balaban J connectivity index is 2.16. The Hall–Kier alpha value is -2.47. The van der Waals surface area contributed by atoms with E-state index in [4.69, 9.17) is 4.74 Å². The summed E-state index contributed by atoms with van der Waals surface area (Å²) in [5, 5.41) is 2.14. The highest BCUT2D eigenvalue weighted by Crippen LogP contribution is 2.18. The molecule has 0 aliphatic heterocycles. The second kappa shape index (κ2) is 7.51. The molecule has 22 heavy (non-hydrogen) atoms. The Morgan fingerprint density at radius 2 is 1.68 bits per heavy atom. The predicted molar refractivity (Wildman–Crippen MR) is 89.3 cm³/mol. The first kappa shape index (κ1) is 15.9. The van der Waals surface area contributed by atoms with Gasteiger partial charge in [-0.15, -0.1) is 0 Å². The van der Waals surface area contributed by atoms with Gasteiger partial charge in [-0.3, -0.25) is 0 Å². The topological polar surface area (TPSA) is 21.6 Å². The van der Waals surface area contributed by atoms with Crippen LogP contribution in [0.25, 0.3) is 0 Å². The third kappa shape index (κ3) is 4.53. The maximum Gasteiger partial charge on any atom is 0.150 e. The second-order valence-electron chi connectivity index (χ2n) is 4.81. The molecule has 0 unspecified atom stereocenters. The standard InChI is InChI=1S/C18H14FNOS/c1-13(2)21-16-8-5-14(6-9-16)3-4-15-7-10-18(20-12-22)17(19)11-15/h5-11,13H,1-2H3. The van der Waals surface area contributed by atoms with Gasteiger partial charge in [0.15, 0.2) is 5.82 Å². The van der Waals surface area contributed by atoms with Gasteiger partial charge >= 0.3 is 0 Å². The fourth-order valence-electron chi connectivity index (χ4n) is 1.76. The van der Waals surface area contributed by atoms with Gasteiger partial charge in [0.2, 0.25) is 0 Å². The van der Waals surface area contributed by atoms with Gasteiger partial charge in [-0.1, -0.05) is 11.8 Å². The van der Waals surface area contributed by atoms with Gasteiger partial charge in [0.05, 0.1) is 11.3 Å². The molecule has 0 radical (unpaired) electrons. The molecule has 0 saturated heterocycles. The van der Waals surface area contributed by atoms with E-state index < -0.39 is 5.82 Å².